The Morgan fingerprint density at radius 2 is 2.29 bits per heavy atom. The third-order valence-electron chi connectivity index (χ3n) is 2.06. The molecular weight excluding hydrogens is 300 g/mol. The number of carbonyl (C=O) groups is 1. The van der Waals surface area contributed by atoms with Crippen LogP contribution in [0.5, 0.6) is 0 Å². The number of aryl methyl sites for hydroxylation is 1. The summed E-state index contributed by atoms with van der Waals surface area (Å²) >= 11 is 4.97. The van der Waals surface area contributed by atoms with Crippen LogP contribution in [0, 0.1) is 6.92 Å². The van der Waals surface area contributed by atoms with Crippen molar-refractivity contribution in [3.63, 3.8) is 0 Å². The highest BCUT2D eigenvalue weighted by molar-refractivity contribution is 9.10. The van der Waals surface area contributed by atoms with Crippen molar-refractivity contribution >= 4 is 39.3 Å². The summed E-state index contributed by atoms with van der Waals surface area (Å²) in [6, 6.07) is 5.88. The monoisotopic (exact) mass is 316 g/mol. The number of halogens is 1. The molecule has 0 aliphatic rings. The van der Waals surface area contributed by atoms with Crippen LogP contribution in [0.25, 0.3) is 0 Å². The van der Waals surface area contributed by atoms with Crippen LogP contribution in [0.4, 0.5) is 5.69 Å². The second kappa shape index (κ2) is 7.03. The van der Waals surface area contributed by atoms with Gasteiger partial charge < -0.3 is 11.1 Å². The van der Waals surface area contributed by atoms with Gasteiger partial charge in [0.15, 0.2) is 0 Å². The lowest BCUT2D eigenvalue weighted by Crippen LogP contribution is -2.20. The molecule has 1 unspecified atom stereocenters. The molecule has 0 radical (unpaired) electrons. The van der Waals surface area contributed by atoms with Crippen molar-refractivity contribution in [3.05, 3.63) is 28.2 Å². The van der Waals surface area contributed by atoms with Gasteiger partial charge in [-0.15, -0.1) is 0 Å². The Morgan fingerprint density at radius 3 is 2.88 bits per heavy atom. The summed E-state index contributed by atoms with van der Waals surface area (Å²) in [4.78, 5) is 11.6. The zero-order valence-electron chi connectivity index (χ0n) is 10.00. The molecule has 0 aliphatic carbocycles. The maximum atomic E-state index is 11.6. The molecule has 0 aromatic heterocycles. The van der Waals surface area contributed by atoms with E-state index in [0.717, 1.165) is 21.5 Å². The molecule has 0 saturated heterocycles. The zero-order chi connectivity index (χ0) is 12.8. The van der Waals surface area contributed by atoms with Crippen molar-refractivity contribution in [3.8, 4) is 0 Å². The van der Waals surface area contributed by atoms with Crippen molar-refractivity contribution in [2.45, 2.75) is 19.9 Å². The first-order chi connectivity index (χ1) is 7.99. The Morgan fingerprint density at radius 1 is 1.59 bits per heavy atom. The standard InChI is InChI=1S/C12H17BrN2OS/c1-8-5-10(3-4-11(8)13)15-12(16)7-17-6-9(2)14/h3-5,9H,6-7,14H2,1-2H3,(H,15,16). The molecule has 3 nitrogen and oxygen atoms in total. The van der Waals surface area contributed by atoms with Gasteiger partial charge >= 0.3 is 0 Å². The van der Waals surface area contributed by atoms with Crippen LogP contribution in [0.2, 0.25) is 0 Å². The van der Waals surface area contributed by atoms with Crippen LogP contribution in [-0.4, -0.2) is 23.5 Å². The zero-order valence-corrected chi connectivity index (χ0v) is 12.4. The molecule has 1 aromatic rings. The van der Waals surface area contributed by atoms with Gasteiger partial charge in [-0.25, -0.2) is 0 Å². The molecule has 17 heavy (non-hydrogen) atoms. The molecule has 5 heteroatoms. The molecule has 0 heterocycles. The molecule has 1 atom stereocenters. The summed E-state index contributed by atoms with van der Waals surface area (Å²) in [6.45, 7) is 3.92. The maximum Gasteiger partial charge on any atom is 0.234 e. The highest BCUT2D eigenvalue weighted by Gasteiger charge is 2.04. The lowest BCUT2D eigenvalue weighted by atomic mass is 10.2. The number of amides is 1. The minimum absolute atomic E-state index is 0.0115. The van der Waals surface area contributed by atoms with E-state index in [1.54, 1.807) is 11.8 Å². The van der Waals surface area contributed by atoms with E-state index >= 15 is 0 Å². The molecule has 3 N–H and O–H groups in total. The number of thioether (sulfide) groups is 1. The first-order valence-electron chi connectivity index (χ1n) is 5.38. The molecule has 0 fully saturated rings. The summed E-state index contributed by atoms with van der Waals surface area (Å²) in [5.41, 5.74) is 7.54. The fourth-order valence-electron chi connectivity index (χ4n) is 1.26. The predicted octanol–water partition coefficient (Wildman–Crippen LogP) is 2.78. The molecule has 0 saturated carbocycles. The third kappa shape index (κ3) is 5.57. The fraction of sp³-hybridized carbons (Fsp3) is 0.417. The molecular formula is C12H17BrN2OS. The lowest BCUT2D eigenvalue weighted by molar-refractivity contribution is -0.113. The highest BCUT2D eigenvalue weighted by Crippen LogP contribution is 2.20. The van der Waals surface area contributed by atoms with Crippen LogP contribution >= 0.6 is 27.7 Å². The van der Waals surface area contributed by atoms with E-state index in [2.05, 4.69) is 21.2 Å². The summed E-state index contributed by atoms with van der Waals surface area (Å²) in [5.74, 6) is 1.25. The summed E-state index contributed by atoms with van der Waals surface area (Å²) < 4.78 is 1.04. The van der Waals surface area contributed by atoms with E-state index in [1.165, 1.54) is 0 Å². The van der Waals surface area contributed by atoms with Crippen molar-refractivity contribution in [1.82, 2.24) is 0 Å². The molecule has 1 amide bonds. The van der Waals surface area contributed by atoms with E-state index in [9.17, 15) is 4.79 Å². The van der Waals surface area contributed by atoms with Gasteiger partial charge in [-0.3, -0.25) is 4.79 Å². The average molecular weight is 317 g/mol. The average Bonchev–Trinajstić information content (AvgIpc) is 2.23. The SMILES string of the molecule is Cc1cc(NC(=O)CSCC(C)N)ccc1Br. The largest absolute Gasteiger partial charge is 0.327 e. The smallest absolute Gasteiger partial charge is 0.234 e. The van der Waals surface area contributed by atoms with Gasteiger partial charge in [0, 0.05) is 22.0 Å². The Hall–Kier alpha value is -0.520. The molecule has 0 bridgehead atoms. The van der Waals surface area contributed by atoms with Crippen molar-refractivity contribution in [1.29, 1.82) is 0 Å². The first kappa shape index (κ1) is 14.5. The van der Waals surface area contributed by atoms with Gasteiger partial charge in [0.05, 0.1) is 5.75 Å². The quantitative estimate of drug-likeness (QED) is 0.878. The number of benzene rings is 1. The van der Waals surface area contributed by atoms with Crippen molar-refractivity contribution in [2.75, 3.05) is 16.8 Å². The first-order valence-corrected chi connectivity index (χ1v) is 7.33. The molecule has 0 aliphatic heterocycles. The predicted molar refractivity (Wildman–Crippen MR) is 78.5 cm³/mol. The number of carbonyl (C=O) groups excluding carboxylic acids is 1. The van der Waals surface area contributed by atoms with Crippen LogP contribution in [0.3, 0.4) is 0 Å². The van der Waals surface area contributed by atoms with E-state index in [0.29, 0.717) is 5.75 Å². The fourth-order valence-corrected chi connectivity index (χ4v) is 2.25. The van der Waals surface area contributed by atoms with Crippen molar-refractivity contribution < 1.29 is 4.79 Å². The lowest BCUT2D eigenvalue weighted by Gasteiger charge is -2.08. The Kier molecular flexibility index (Phi) is 6.02. The van der Waals surface area contributed by atoms with E-state index in [-0.39, 0.29) is 11.9 Å². The Balaban J connectivity index is 2.42. The normalized spacial score (nSPS) is 12.2. The van der Waals surface area contributed by atoms with E-state index in [1.807, 2.05) is 32.0 Å². The molecule has 0 spiro atoms. The van der Waals surface area contributed by atoms with Gasteiger partial charge in [0.1, 0.15) is 0 Å². The van der Waals surface area contributed by atoms with Crippen LogP contribution < -0.4 is 11.1 Å². The van der Waals surface area contributed by atoms with Gasteiger partial charge in [-0.05, 0) is 37.6 Å². The molecule has 1 aromatic carbocycles. The molecule has 1 rings (SSSR count). The van der Waals surface area contributed by atoms with Crippen LogP contribution in [-0.2, 0) is 4.79 Å². The number of rotatable bonds is 5. The molecule has 94 valence electrons. The topological polar surface area (TPSA) is 55.1 Å². The van der Waals surface area contributed by atoms with Crippen molar-refractivity contribution in [2.24, 2.45) is 5.73 Å². The number of anilines is 1. The van der Waals surface area contributed by atoms with Crippen LogP contribution in [0.15, 0.2) is 22.7 Å². The minimum Gasteiger partial charge on any atom is -0.327 e. The Labute approximate surface area is 115 Å². The number of nitrogens with two attached hydrogens (primary N) is 1. The van der Waals surface area contributed by atoms with Gasteiger partial charge in [-0.2, -0.15) is 11.8 Å². The van der Waals surface area contributed by atoms with Gasteiger partial charge in [-0.1, -0.05) is 15.9 Å². The maximum absolute atomic E-state index is 11.6. The van der Waals surface area contributed by atoms with Gasteiger partial charge in [0.25, 0.3) is 0 Å². The van der Waals surface area contributed by atoms with E-state index < -0.39 is 0 Å². The number of hydrogen-bond donors (Lipinski definition) is 2. The number of nitrogens with one attached hydrogen (secondary N) is 1. The second-order valence-corrected chi connectivity index (χ2v) is 5.89. The van der Waals surface area contributed by atoms with Gasteiger partial charge in [0.2, 0.25) is 5.91 Å². The second-order valence-electron chi connectivity index (χ2n) is 4.00. The third-order valence-corrected chi connectivity index (χ3v) is 4.17. The highest BCUT2D eigenvalue weighted by atomic mass is 79.9. The van der Waals surface area contributed by atoms with Crippen LogP contribution in [0.1, 0.15) is 12.5 Å². The summed E-state index contributed by atoms with van der Waals surface area (Å²) in [6.07, 6.45) is 0. The van der Waals surface area contributed by atoms with E-state index in [4.69, 9.17) is 5.73 Å². The number of hydrogen-bond acceptors (Lipinski definition) is 3. The Bertz CT molecular complexity index is 396. The summed E-state index contributed by atoms with van der Waals surface area (Å²) in [5, 5.41) is 2.86. The summed E-state index contributed by atoms with van der Waals surface area (Å²) in [7, 11) is 0. The minimum atomic E-state index is 0.0115.